The maximum Gasteiger partial charge on any atom is 0.203 e. The van der Waals surface area contributed by atoms with Crippen LogP contribution in [0.25, 0.3) is 0 Å². The van der Waals surface area contributed by atoms with Crippen LogP contribution in [0.3, 0.4) is 0 Å². The molecule has 2 aromatic rings. The van der Waals surface area contributed by atoms with Crippen LogP contribution in [0.15, 0.2) is 18.5 Å². The third-order valence-corrected chi connectivity index (χ3v) is 2.96. The Kier molecular flexibility index (Phi) is 4.57. The number of rotatable bonds is 7. The van der Waals surface area contributed by atoms with Crippen LogP contribution >= 0.6 is 0 Å². The lowest BCUT2D eigenvalue weighted by Gasteiger charge is -2.09. The van der Waals surface area contributed by atoms with Gasteiger partial charge in [0.25, 0.3) is 0 Å². The van der Waals surface area contributed by atoms with Crippen LogP contribution < -0.4 is 5.32 Å². The number of methoxy groups -OCH3 is 1. The molecule has 0 unspecified atom stereocenters. The van der Waals surface area contributed by atoms with E-state index in [-0.39, 0.29) is 0 Å². The van der Waals surface area contributed by atoms with E-state index < -0.39 is 0 Å². The average molecular weight is 263 g/mol. The van der Waals surface area contributed by atoms with Gasteiger partial charge >= 0.3 is 0 Å². The van der Waals surface area contributed by atoms with Crippen LogP contribution in [0.5, 0.6) is 0 Å². The van der Waals surface area contributed by atoms with Gasteiger partial charge in [-0.25, -0.2) is 4.98 Å². The summed E-state index contributed by atoms with van der Waals surface area (Å²) < 4.78 is 9.03. The molecule has 0 aliphatic heterocycles. The van der Waals surface area contributed by atoms with Crippen molar-refractivity contribution in [3.05, 3.63) is 29.8 Å². The fourth-order valence-corrected chi connectivity index (χ4v) is 1.96. The van der Waals surface area contributed by atoms with Crippen molar-refractivity contribution in [2.75, 3.05) is 25.6 Å². The van der Waals surface area contributed by atoms with Gasteiger partial charge in [-0.1, -0.05) is 0 Å². The molecule has 1 N–H and O–H groups in total. The summed E-state index contributed by atoms with van der Waals surface area (Å²) in [4.78, 5) is 4.50. The van der Waals surface area contributed by atoms with Gasteiger partial charge < -0.3 is 14.6 Å². The Morgan fingerprint density at radius 2 is 2.26 bits per heavy atom. The smallest absolute Gasteiger partial charge is 0.203 e. The first-order valence-corrected chi connectivity index (χ1v) is 6.44. The number of nitrogens with one attached hydrogen (secondary N) is 1. The van der Waals surface area contributed by atoms with E-state index in [1.54, 1.807) is 7.11 Å². The molecule has 2 aromatic heterocycles. The van der Waals surface area contributed by atoms with Gasteiger partial charge in [-0.15, -0.1) is 0 Å². The molecule has 0 aliphatic carbocycles. The molecule has 6 nitrogen and oxygen atoms in total. The summed E-state index contributed by atoms with van der Waals surface area (Å²) in [5.41, 5.74) is 2.16. The molecule has 2 heterocycles. The Balaban J connectivity index is 2.01. The monoisotopic (exact) mass is 263 g/mol. The molecule has 0 aliphatic rings. The summed E-state index contributed by atoms with van der Waals surface area (Å²) in [6.07, 6.45) is 4.82. The summed E-state index contributed by atoms with van der Waals surface area (Å²) in [6.45, 7) is 4.38. The SMILES string of the molecule is COCCCNc1nc(C)cn1Cc1ccnn1C. The Labute approximate surface area is 113 Å². The number of aryl methyl sites for hydroxylation is 2. The Morgan fingerprint density at radius 1 is 1.42 bits per heavy atom. The second-order valence-corrected chi connectivity index (χ2v) is 4.55. The lowest BCUT2D eigenvalue weighted by atomic mass is 10.4. The van der Waals surface area contributed by atoms with Crippen LogP contribution in [0, 0.1) is 6.92 Å². The van der Waals surface area contributed by atoms with Gasteiger partial charge in [0.2, 0.25) is 5.95 Å². The van der Waals surface area contributed by atoms with Crippen LogP contribution in [-0.2, 0) is 18.3 Å². The van der Waals surface area contributed by atoms with Crippen molar-refractivity contribution < 1.29 is 4.74 Å². The first kappa shape index (κ1) is 13.6. The molecule has 0 atom stereocenters. The summed E-state index contributed by atoms with van der Waals surface area (Å²) >= 11 is 0. The van der Waals surface area contributed by atoms with E-state index in [0.717, 1.165) is 43.5 Å². The third kappa shape index (κ3) is 3.57. The second-order valence-electron chi connectivity index (χ2n) is 4.55. The van der Waals surface area contributed by atoms with E-state index in [9.17, 15) is 0 Å². The first-order chi connectivity index (χ1) is 9.20. The summed E-state index contributed by atoms with van der Waals surface area (Å²) in [7, 11) is 3.66. The van der Waals surface area contributed by atoms with E-state index in [4.69, 9.17) is 4.74 Å². The largest absolute Gasteiger partial charge is 0.385 e. The van der Waals surface area contributed by atoms with Gasteiger partial charge in [-0.3, -0.25) is 4.68 Å². The van der Waals surface area contributed by atoms with Gasteiger partial charge in [-0.05, 0) is 19.4 Å². The number of hydrogen-bond donors (Lipinski definition) is 1. The molecule has 2 rings (SSSR count). The van der Waals surface area contributed by atoms with Crippen molar-refractivity contribution in [1.29, 1.82) is 0 Å². The van der Waals surface area contributed by atoms with Gasteiger partial charge in [0.15, 0.2) is 0 Å². The zero-order valence-electron chi connectivity index (χ0n) is 11.8. The summed E-state index contributed by atoms with van der Waals surface area (Å²) in [5, 5.41) is 7.52. The van der Waals surface area contributed by atoms with Crippen molar-refractivity contribution in [3.63, 3.8) is 0 Å². The Hall–Kier alpha value is -1.82. The molecule has 6 heteroatoms. The average Bonchev–Trinajstić information content (AvgIpc) is 2.93. The highest BCUT2D eigenvalue weighted by molar-refractivity contribution is 5.29. The molecule has 0 fully saturated rings. The molecule has 19 heavy (non-hydrogen) atoms. The third-order valence-electron chi connectivity index (χ3n) is 2.96. The molecular formula is C13H21N5O. The van der Waals surface area contributed by atoms with E-state index in [0.29, 0.717) is 0 Å². The van der Waals surface area contributed by atoms with Gasteiger partial charge in [0, 0.05) is 39.7 Å². The zero-order valence-corrected chi connectivity index (χ0v) is 11.8. The number of ether oxygens (including phenoxy) is 1. The number of imidazole rings is 1. The minimum absolute atomic E-state index is 0.758. The lowest BCUT2D eigenvalue weighted by molar-refractivity contribution is 0.197. The number of aromatic nitrogens is 4. The highest BCUT2D eigenvalue weighted by atomic mass is 16.5. The maximum atomic E-state index is 5.04. The lowest BCUT2D eigenvalue weighted by Crippen LogP contribution is -2.12. The molecule has 0 bridgehead atoms. The van der Waals surface area contributed by atoms with Crippen LogP contribution in [0.1, 0.15) is 17.8 Å². The number of anilines is 1. The van der Waals surface area contributed by atoms with Crippen LogP contribution in [0.2, 0.25) is 0 Å². The minimum atomic E-state index is 0.758. The molecule has 0 saturated carbocycles. The van der Waals surface area contributed by atoms with Gasteiger partial charge in [-0.2, -0.15) is 5.10 Å². The zero-order chi connectivity index (χ0) is 13.7. The maximum absolute atomic E-state index is 5.04. The molecule has 0 radical (unpaired) electrons. The fraction of sp³-hybridized carbons (Fsp3) is 0.538. The van der Waals surface area contributed by atoms with Crippen molar-refractivity contribution in [3.8, 4) is 0 Å². The van der Waals surface area contributed by atoms with E-state index in [1.165, 1.54) is 0 Å². The number of nitrogens with zero attached hydrogens (tertiary/aromatic N) is 4. The highest BCUT2D eigenvalue weighted by Crippen LogP contribution is 2.11. The molecule has 104 valence electrons. The van der Waals surface area contributed by atoms with Gasteiger partial charge in [0.1, 0.15) is 0 Å². The minimum Gasteiger partial charge on any atom is -0.385 e. The Bertz CT molecular complexity index is 517. The standard InChI is InChI=1S/C13H21N5O/c1-11-9-18(10-12-5-7-15-17(12)2)13(16-11)14-6-4-8-19-3/h5,7,9H,4,6,8,10H2,1-3H3,(H,14,16). The van der Waals surface area contributed by atoms with Gasteiger partial charge in [0.05, 0.1) is 17.9 Å². The molecule has 0 amide bonds. The fourth-order valence-electron chi connectivity index (χ4n) is 1.96. The predicted molar refractivity (Wildman–Crippen MR) is 74.3 cm³/mol. The van der Waals surface area contributed by atoms with Crippen molar-refractivity contribution in [1.82, 2.24) is 19.3 Å². The molecular weight excluding hydrogens is 242 g/mol. The second kappa shape index (κ2) is 6.38. The quantitative estimate of drug-likeness (QED) is 0.768. The van der Waals surface area contributed by atoms with Crippen molar-refractivity contribution >= 4 is 5.95 Å². The summed E-state index contributed by atoms with van der Waals surface area (Å²) in [5.74, 6) is 0.898. The van der Waals surface area contributed by atoms with Crippen molar-refractivity contribution in [2.45, 2.75) is 19.9 Å². The molecule has 0 spiro atoms. The molecule has 0 saturated heterocycles. The van der Waals surface area contributed by atoms with Crippen LogP contribution in [-0.4, -0.2) is 39.6 Å². The van der Waals surface area contributed by atoms with E-state index in [1.807, 2.05) is 37.1 Å². The van der Waals surface area contributed by atoms with E-state index >= 15 is 0 Å². The Morgan fingerprint density at radius 3 is 2.95 bits per heavy atom. The highest BCUT2D eigenvalue weighted by Gasteiger charge is 2.07. The van der Waals surface area contributed by atoms with Crippen molar-refractivity contribution in [2.24, 2.45) is 7.05 Å². The number of hydrogen-bond acceptors (Lipinski definition) is 4. The van der Waals surface area contributed by atoms with E-state index in [2.05, 4.69) is 20.0 Å². The summed E-state index contributed by atoms with van der Waals surface area (Å²) in [6, 6.07) is 2.02. The van der Waals surface area contributed by atoms with Crippen LogP contribution in [0.4, 0.5) is 5.95 Å². The predicted octanol–water partition coefficient (Wildman–Crippen LogP) is 1.42. The molecule has 0 aromatic carbocycles. The first-order valence-electron chi connectivity index (χ1n) is 6.44. The normalized spacial score (nSPS) is 10.9. The topological polar surface area (TPSA) is 56.9 Å².